The van der Waals surface area contributed by atoms with Crippen LogP contribution in [0.1, 0.15) is 23.2 Å². The maximum atomic E-state index is 12.2. The van der Waals surface area contributed by atoms with E-state index in [1.54, 1.807) is 23.4 Å². The summed E-state index contributed by atoms with van der Waals surface area (Å²) < 4.78 is 16.4. The molecule has 0 radical (unpaired) electrons. The minimum atomic E-state index is -0.329. The normalized spacial score (nSPS) is 22.6. The molecule has 8 heteroatoms. The Hall–Kier alpha value is -2.48. The zero-order valence-corrected chi connectivity index (χ0v) is 12.4. The molecule has 2 fully saturated rings. The zero-order valence-electron chi connectivity index (χ0n) is 12.4. The first-order chi connectivity index (χ1) is 11.2. The van der Waals surface area contributed by atoms with Crippen molar-refractivity contribution in [3.8, 4) is 6.01 Å². The van der Waals surface area contributed by atoms with Gasteiger partial charge in [-0.1, -0.05) is 5.16 Å². The average molecular weight is 316 g/mol. The van der Waals surface area contributed by atoms with Crippen LogP contribution in [0.4, 0.5) is 0 Å². The molecule has 1 unspecified atom stereocenters. The number of rotatable bonds is 3. The highest BCUT2D eigenvalue weighted by Gasteiger charge is 2.50. The van der Waals surface area contributed by atoms with Crippen LogP contribution in [0.15, 0.2) is 35.4 Å². The molecule has 0 N–H and O–H groups in total. The summed E-state index contributed by atoms with van der Waals surface area (Å²) in [5.41, 5.74) is 0.131. The summed E-state index contributed by atoms with van der Waals surface area (Å²) in [5, 5.41) is 3.56. The van der Waals surface area contributed by atoms with E-state index in [2.05, 4.69) is 15.1 Å². The highest BCUT2D eigenvalue weighted by Crippen LogP contribution is 2.36. The van der Waals surface area contributed by atoms with Gasteiger partial charge < -0.3 is 18.9 Å². The predicted octanol–water partition coefficient (Wildman–Crippen LogP) is 0.917. The lowest BCUT2D eigenvalue weighted by Crippen LogP contribution is -2.67. The molecule has 8 nitrogen and oxygen atoms in total. The molecule has 2 aliphatic heterocycles. The van der Waals surface area contributed by atoms with E-state index in [1.807, 2.05) is 0 Å². The van der Waals surface area contributed by atoms with Gasteiger partial charge in [0.25, 0.3) is 5.91 Å². The highest BCUT2D eigenvalue weighted by atomic mass is 16.5. The first-order valence-corrected chi connectivity index (χ1v) is 7.50. The first-order valence-electron chi connectivity index (χ1n) is 7.50. The summed E-state index contributed by atoms with van der Waals surface area (Å²) in [4.78, 5) is 22.1. The number of hydrogen-bond acceptors (Lipinski definition) is 7. The molecule has 1 atom stereocenters. The summed E-state index contributed by atoms with van der Waals surface area (Å²) in [5.74, 6) is -0.0880. The number of likely N-dealkylation sites (tertiary alicyclic amines) is 1. The minimum Gasteiger partial charge on any atom is -0.460 e. The molecule has 4 rings (SSSR count). The molecule has 2 aromatic heterocycles. The van der Waals surface area contributed by atoms with Gasteiger partial charge in [-0.25, -0.2) is 9.97 Å². The minimum absolute atomic E-state index is 0.000931. The van der Waals surface area contributed by atoms with Crippen molar-refractivity contribution in [3.05, 3.63) is 36.5 Å². The number of hydrogen-bond donors (Lipinski definition) is 0. The van der Waals surface area contributed by atoms with Crippen molar-refractivity contribution in [2.75, 3.05) is 19.7 Å². The Morgan fingerprint density at radius 1 is 1.35 bits per heavy atom. The van der Waals surface area contributed by atoms with Gasteiger partial charge >= 0.3 is 6.01 Å². The molecule has 0 saturated carbocycles. The molecule has 120 valence electrons. The number of nitrogens with zero attached hydrogens (tertiary/aromatic N) is 4. The van der Waals surface area contributed by atoms with Gasteiger partial charge in [-0.2, -0.15) is 0 Å². The van der Waals surface area contributed by atoms with Gasteiger partial charge in [0.1, 0.15) is 18.0 Å². The van der Waals surface area contributed by atoms with E-state index in [9.17, 15) is 4.79 Å². The van der Waals surface area contributed by atoms with Crippen LogP contribution in [0.2, 0.25) is 0 Å². The predicted molar refractivity (Wildman–Crippen MR) is 76.8 cm³/mol. The van der Waals surface area contributed by atoms with Crippen LogP contribution >= 0.6 is 0 Å². The van der Waals surface area contributed by atoms with Crippen LogP contribution in [0.5, 0.6) is 6.01 Å². The Bertz CT molecular complexity index is 670. The van der Waals surface area contributed by atoms with Gasteiger partial charge in [0.15, 0.2) is 0 Å². The highest BCUT2D eigenvalue weighted by molar-refractivity contribution is 5.94. The Morgan fingerprint density at radius 2 is 2.17 bits per heavy atom. The van der Waals surface area contributed by atoms with E-state index in [1.165, 1.54) is 12.5 Å². The summed E-state index contributed by atoms with van der Waals surface area (Å²) in [7, 11) is 0. The topological polar surface area (TPSA) is 90.6 Å². The van der Waals surface area contributed by atoms with Gasteiger partial charge in [0.05, 0.1) is 31.5 Å². The summed E-state index contributed by atoms with van der Waals surface area (Å²) in [6.07, 6.45) is 7.60. The standard InChI is InChI=1S/C15H16N4O4/c20-13(11-7-18-22-8-11)19-9-15(10-19)6-12(2-5-21-15)23-14-16-3-1-4-17-14/h1,3-4,7-8,12H,2,5-6,9-10H2. The van der Waals surface area contributed by atoms with Crippen molar-refractivity contribution in [2.45, 2.75) is 24.5 Å². The van der Waals surface area contributed by atoms with E-state index in [-0.39, 0.29) is 17.6 Å². The molecule has 23 heavy (non-hydrogen) atoms. The first kappa shape index (κ1) is 14.1. The summed E-state index contributed by atoms with van der Waals surface area (Å²) >= 11 is 0. The maximum absolute atomic E-state index is 12.2. The third kappa shape index (κ3) is 2.77. The smallest absolute Gasteiger partial charge is 0.316 e. The zero-order chi connectivity index (χ0) is 15.7. The molecule has 2 aromatic rings. The van der Waals surface area contributed by atoms with Crippen molar-refractivity contribution in [1.29, 1.82) is 0 Å². The lowest BCUT2D eigenvalue weighted by molar-refractivity contribution is -0.174. The van der Waals surface area contributed by atoms with E-state index >= 15 is 0 Å². The molecule has 2 saturated heterocycles. The van der Waals surface area contributed by atoms with Crippen molar-refractivity contribution in [3.63, 3.8) is 0 Å². The lowest BCUT2D eigenvalue weighted by atomic mass is 9.84. The number of carbonyl (C=O) groups is 1. The van der Waals surface area contributed by atoms with Crippen LogP contribution < -0.4 is 4.74 Å². The van der Waals surface area contributed by atoms with Crippen LogP contribution in [0.3, 0.4) is 0 Å². The van der Waals surface area contributed by atoms with Crippen LogP contribution in [0, 0.1) is 0 Å². The van der Waals surface area contributed by atoms with Crippen molar-refractivity contribution in [1.82, 2.24) is 20.0 Å². The third-order valence-electron chi connectivity index (χ3n) is 4.19. The van der Waals surface area contributed by atoms with Crippen molar-refractivity contribution in [2.24, 2.45) is 0 Å². The van der Waals surface area contributed by atoms with Gasteiger partial charge in [0.2, 0.25) is 0 Å². The fourth-order valence-electron chi connectivity index (χ4n) is 3.09. The Morgan fingerprint density at radius 3 is 2.91 bits per heavy atom. The number of ether oxygens (including phenoxy) is 2. The van der Waals surface area contributed by atoms with Gasteiger partial charge in [-0.05, 0) is 6.07 Å². The maximum Gasteiger partial charge on any atom is 0.316 e. The second kappa shape index (κ2) is 5.62. The van der Waals surface area contributed by atoms with Crippen LogP contribution in [0.25, 0.3) is 0 Å². The quantitative estimate of drug-likeness (QED) is 0.831. The molecule has 0 aromatic carbocycles. The molecule has 1 spiro atoms. The molecular formula is C15H16N4O4. The molecule has 0 bridgehead atoms. The fraction of sp³-hybridized carbons (Fsp3) is 0.467. The van der Waals surface area contributed by atoms with Gasteiger partial charge in [-0.15, -0.1) is 0 Å². The molecule has 2 aliphatic rings. The largest absolute Gasteiger partial charge is 0.460 e. The number of carbonyl (C=O) groups excluding carboxylic acids is 1. The van der Waals surface area contributed by atoms with Crippen LogP contribution in [-0.4, -0.2) is 57.3 Å². The SMILES string of the molecule is O=C(c1cnoc1)N1CC2(CC(Oc3ncccn3)CCO2)C1. The second-order valence-electron chi connectivity index (χ2n) is 5.87. The summed E-state index contributed by atoms with van der Waals surface area (Å²) in [6.45, 7) is 1.70. The van der Waals surface area contributed by atoms with Crippen molar-refractivity contribution >= 4 is 5.91 Å². The number of aromatic nitrogens is 3. The lowest BCUT2D eigenvalue weighted by Gasteiger charge is -2.52. The third-order valence-corrected chi connectivity index (χ3v) is 4.19. The van der Waals surface area contributed by atoms with E-state index in [0.29, 0.717) is 31.3 Å². The molecule has 4 heterocycles. The van der Waals surface area contributed by atoms with Crippen molar-refractivity contribution < 1.29 is 18.8 Å². The summed E-state index contributed by atoms with van der Waals surface area (Å²) in [6, 6.07) is 2.13. The van der Waals surface area contributed by atoms with Gasteiger partial charge in [0, 0.05) is 25.2 Å². The Labute approximate surface area is 132 Å². The van der Waals surface area contributed by atoms with Gasteiger partial charge in [-0.3, -0.25) is 4.79 Å². The Kier molecular flexibility index (Phi) is 3.45. The monoisotopic (exact) mass is 316 g/mol. The van der Waals surface area contributed by atoms with Crippen LogP contribution in [-0.2, 0) is 4.74 Å². The number of amides is 1. The fourth-order valence-corrected chi connectivity index (χ4v) is 3.09. The Balaban J connectivity index is 1.36. The molecular weight excluding hydrogens is 300 g/mol. The van der Waals surface area contributed by atoms with E-state index in [4.69, 9.17) is 14.0 Å². The molecule has 1 amide bonds. The van der Waals surface area contributed by atoms with E-state index in [0.717, 1.165) is 12.8 Å². The second-order valence-corrected chi connectivity index (χ2v) is 5.87. The molecule has 0 aliphatic carbocycles. The van der Waals surface area contributed by atoms with E-state index < -0.39 is 0 Å². The average Bonchev–Trinajstić information content (AvgIpc) is 3.07.